The van der Waals surface area contributed by atoms with Crippen LogP contribution in [0.25, 0.3) is 0 Å². The monoisotopic (exact) mass is 652 g/mol. The molecule has 0 aromatic carbocycles. The van der Waals surface area contributed by atoms with E-state index < -0.39 is 70.2 Å². The SMILES string of the molecule is O=P(O)(O)O[Si](C[Si](OP(=O)(O)O)(OP(=O)(O)O)OP(=O)(O)O)(OP(=O)(O)O)OP(=O)(O)O. The minimum absolute atomic E-state index is 2.65. The maximum Gasteiger partial charge on any atom is 0.531 e. The van der Waals surface area contributed by atoms with E-state index in [2.05, 4.69) is 25.3 Å². The van der Waals surface area contributed by atoms with Crippen LogP contribution in [-0.4, -0.2) is 76.3 Å². The van der Waals surface area contributed by atoms with Crippen LogP contribution in [0.3, 0.4) is 0 Å². The average Bonchev–Trinajstić information content (AvgIpc) is 2.20. The van der Waals surface area contributed by atoms with E-state index in [1.54, 1.807) is 0 Å². The lowest BCUT2D eigenvalue weighted by Crippen LogP contribution is -2.56. The molecule has 0 saturated heterocycles. The van der Waals surface area contributed by atoms with Crippen LogP contribution in [0, 0.1) is 0 Å². The Balaban J connectivity index is 7.28. The summed E-state index contributed by atoms with van der Waals surface area (Å²) >= 11 is 0. The Morgan fingerprint density at radius 2 is 0.485 bits per heavy atom. The van der Waals surface area contributed by atoms with E-state index in [1.807, 2.05) is 0 Å². The second kappa shape index (κ2) is 10.8. The fraction of sp³-hybridized carbons (Fsp3) is 1.00. The number of hydrogen-bond acceptors (Lipinski definition) is 12. The Morgan fingerprint density at radius 1 is 0.364 bits per heavy atom. The molecule has 0 heterocycles. The van der Waals surface area contributed by atoms with Crippen molar-refractivity contribution in [3.05, 3.63) is 0 Å². The van der Waals surface area contributed by atoms with Gasteiger partial charge in [0, 0.05) is 0 Å². The molecule has 33 heavy (non-hydrogen) atoms. The van der Waals surface area contributed by atoms with Crippen molar-refractivity contribution in [3.63, 3.8) is 0 Å². The number of hydrogen-bond donors (Lipinski definition) is 12. The molecule has 12 N–H and O–H groups in total. The van der Waals surface area contributed by atoms with Crippen LogP contribution in [0.4, 0.5) is 0 Å². The molecule has 0 spiro atoms. The first-order valence-electron chi connectivity index (χ1n) is 6.52. The van der Waals surface area contributed by atoms with Gasteiger partial charge in [-0.25, -0.2) is 27.4 Å². The third kappa shape index (κ3) is 17.2. The van der Waals surface area contributed by atoms with Gasteiger partial charge in [-0.15, -0.1) is 0 Å². The van der Waals surface area contributed by atoms with Gasteiger partial charge in [-0.2, -0.15) is 0 Å². The molecule has 24 nitrogen and oxygen atoms in total. The Morgan fingerprint density at radius 3 is 0.576 bits per heavy atom. The van der Waals surface area contributed by atoms with E-state index >= 15 is 0 Å². The maximum atomic E-state index is 11.2. The summed E-state index contributed by atoms with van der Waals surface area (Å²) in [5.41, 5.74) is -2.65. The van der Waals surface area contributed by atoms with Gasteiger partial charge >= 0.3 is 64.5 Å². The van der Waals surface area contributed by atoms with Gasteiger partial charge in [-0.3, -0.25) is 25.3 Å². The largest absolute Gasteiger partial charge is 0.531 e. The fourth-order valence-corrected chi connectivity index (χ4v) is 20.1. The highest BCUT2D eigenvalue weighted by Gasteiger charge is 2.68. The smallest absolute Gasteiger partial charge is 0.303 e. The summed E-state index contributed by atoms with van der Waals surface area (Å²) in [6.07, 6.45) is 0. The van der Waals surface area contributed by atoms with Crippen LogP contribution >= 0.6 is 46.9 Å². The molecule has 0 aliphatic heterocycles. The first kappa shape index (κ1) is 34.1. The Labute approximate surface area is 182 Å². The Hall–Kier alpha value is 1.09. The van der Waals surface area contributed by atoms with Crippen LogP contribution in [0.1, 0.15) is 0 Å². The molecule has 32 heteroatoms. The molecule has 0 unspecified atom stereocenters. The Kier molecular flexibility index (Phi) is 11.2. The van der Waals surface area contributed by atoms with Crippen molar-refractivity contribution in [1.82, 2.24) is 0 Å². The molecular weight excluding hydrogens is 638 g/mol. The molecular formula is CH14O24P6Si2. The van der Waals surface area contributed by atoms with Crippen LogP contribution in [0.15, 0.2) is 0 Å². The zero-order valence-corrected chi connectivity index (χ0v) is 22.0. The van der Waals surface area contributed by atoms with Crippen molar-refractivity contribution < 1.29 is 111 Å². The first-order valence-corrected chi connectivity index (χ1v) is 19.6. The molecule has 0 fully saturated rings. The summed E-state index contributed by atoms with van der Waals surface area (Å²) in [6.45, 7) is 0. The predicted molar refractivity (Wildman–Crippen MR) is 95.1 cm³/mol. The quantitative estimate of drug-likeness (QED) is 0.0659. The van der Waals surface area contributed by atoms with E-state index in [9.17, 15) is 27.4 Å². The van der Waals surface area contributed by atoms with E-state index in [-0.39, 0.29) is 0 Å². The third-order valence-electron chi connectivity index (χ3n) is 1.98. The lowest BCUT2D eigenvalue weighted by molar-refractivity contribution is 0.144. The summed E-state index contributed by atoms with van der Waals surface area (Å²) in [7, 11) is -51.3. The normalized spacial score (nSPS) is 15.6. The molecule has 0 amide bonds. The molecule has 0 aliphatic rings. The van der Waals surface area contributed by atoms with Gasteiger partial charge in [0.05, 0.1) is 5.67 Å². The molecule has 0 aromatic heterocycles. The van der Waals surface area contributed by atoms with Gasteiger partial charge in [-0.1, -0.05) is 0 Å². The van der Waals surface area contributed by atoms with E-state index in [4.69, 9.17) is 58.7 Å². The summed E-state index contributed by atoms with van der Waals surface area (Å²) < 4.78 is 89.5. The number of phosphoric acid groups is 6. The maximum absolute atomic E-state index is 11.2. The molecule has 0 aliphatic carbocycles. The summed E-state index contributed by atoms with van der Waals surface area (Å²) in [5, 5.41) is 0. The van der Waals surface area contributed by atoms with Crippen molar-refractivity contribution in [2.24, 2.45) is 0 Å². The van der Waals surface area contributed by atoms with Crippen molar-refractivity contribution in [2.75, 3.05) is 0 Å². The van der Waals surface area contributed by atoms with Crippen molar-refractivity contribution >= 4 is 64.5 Å². The molecule has 200 valence electrons. The highest BCUT2D eigenvalue weighted by atomic mass is 31.2. The van der Waals surface area contributed by atoms with Gasteiger partial charge in [0.2, 0.25) is 0 Å². The minimum atomic E-state index is -6.77. The van der Waals surface area contributed by atoms with E-state index in [0.29, 0.717) is 0 Å². The molecule has 0 radical (unpaired) electrons. The lowest BCUT2D eigenvalue weighted by Gasteiger charge is -2.35. The highest BCUT2D eigenvalue weighted by molar-refractivity contribution is 7.54. The standard InChI is InChI=1S/CH14O24P6Si2/c2-26(3,4)20-32(21-27(5,6)7,22-28(8,9)10)1-33(23-29(11,12)13,24-30(14,15)16)25-31(17,18)19/h1H2,(H2,2,3,4)(H2,5,6,7)(H2,8,9,10)(H2,11,12,13)(H2,14,15,16)(H2,17,18,19). The minimum Gasteiger partial charge on any atom is -0.303 e. The summed E-state index contributed by atoms with van der Waals surface area (Å²) in [6, 6.07) is 0. The van der Waals surface area contributed by atoms with Gasteiger partial charge < -0.3 is 58.7 Å². The molecule has 0 atom stereocenters. The van der Waals surface area contributed by atoms with Crippen LogP contribution < -0.4 is 0 Å². The summed E-state index contributed by atoms with van der Waals surface area (Å²) in [4.78, 5) is 107. The van der Waals surface area contributed by atoms with Crippen LogP contribution in [0.5, 0.6) is 0 Å². The fourth-order valence-electron chi connectivity index (χ4n) is 1.65. The van der Waals surface area contributed by atoms with Crippen LogP contribution in [0.2, 0.25) is 5.67 Å². The van der Waals surface area contributed by atoms with E-state index in [0.717, 1.165) is 0 Å². The second-order valence-corrected chi connectivity index (χ2v) is 19.4. The average molecular weight is 652 g/mol. The predicted octanol–water partition coefficient (Wildman–Crippen LogP) is -2.94. The van der Waals surface area contributed by atoms with Crippen molar-refractivity contribution in [3.8, 4) is 0 Å². The molecule has 0 rings (SSSR count). The second-order valence-electron chi connectivity index (χ2n) is 5.03. The molecule has 0 saturated carbocycles. The van der Waals surface area contributed by atoms with Gasteiger partial charge in [0.15, 0.2) is 0 Å². The van der Waals surface area contributed by atoms with Gasteiger partial charge in [0.1, 0.15) is 0 Å². The van der Waals surface area contributed by atoms with Crippen molar-refractivity contribution in [1.29, 1.82) is 0 Å². The number of rotatable bonds is 14. The summed E-state index contributed by atoms with van der Waals surface area (Å²) in [5.74, 6) is 0. The highest BCUT2D eigenvalue weighted by Crippen LogP contribution is 2.59. The van der Waals surface area contributed by atoms with Gasteiger partial charge in [0.25, 0.3) is 0 Å². The van der Waals surface area contributed by atoms with E-state index in [1.165, 1.54) is 0 Å². The van der Waals surface area contributed by atoms with Crippen molar-refractivity contribution in [2.45, 2.75) is 5.67 Å². The zero-order valence-electron chi connectivity index (χ0n) is 14.7. The zero-order chi connectivity index (χ0) is 26.9. The topological polar surface area (TPSA) is 401 Å². The Bertz CT molecular complexity index is 761. The molecule has 0 aromatic rings. The van der Waals surface area contributed by atoms with Gasteiger partial charge in [-0.05, 0) is 0 Å². The molecule has 0 bridgehead atoms. The lowest BCUT2D eigenvalue weighted by atomic mass is 11.9. The third-order valence-corrected chi connectivity index (χ3v) is 17.8. The first-order chi connectivity index (χ1) is 13.9. The van der Waals surface area contributed by atoms with Crippen LogP contribution in [-0.2, 0) is 52.7 Å².